The normalized spacial score (nSPS) is 17.1. The van der Waals surface area contributed by atoms with Gasteiger partial charge in [-0.1, -0.05) is 30.3 Å². The SMILES string of the molecule is O=C(c1cc(F)c(OCc2ccccc2)c(F)c1)N1CCC(F)C1. The molecule has 3 nitrogen and oxygen atoms in total. The Kier molecular flexibility index (Phi) is 4.74. The van der Waals surface area contributed by atoms with Crippen molar-refractivity contribution in [1.82, 2.24) is 4.90 Å². The predicted octanol–water partition coefficient (Wildman–Crippen LogP) is 3.73. The van der Waals surface area contributed by atoms with Gasteiger partial charge in [0.1, 0.15) is 12.8 Å². The lowest BCUT2D eigenvalue weighted by Gasteiger charge is -2.16. The summed E-state index contributed by atoms with van der Waals surface area (Å²) in [5.41, 5.74) is 0.619. The van der Waals surface area contributed by atoms with Crippen LogP contribution in [-0.4, -0.2) is 30.1 Å². The highest BCUT2D eigenvalue weighted by Crippen LogP contribution is 2.26. The summed E-state index contributed by atoms with van der Waals surface area (Å²) in [6, 6.07) is 10.8. The van der Waals surface area contributed by atoms with Crippen LogP contribution in [0.1, 0.15) is 22.3 Å². The number of alkyl halides is 1. The molecular weight excluding hydrogens is 319 g/mol. The molecule has 126 valence electrons. The Bertz CT molecular complexity index is 713. The first-order valence-corrected chi connectivity index (χ1v) is 7.63. The monoisotopic (exact) mass is 335 g/mol. The lowest BCUT2D eigenvalue weighted by atomic mass is 10.1. The van der Waals surface area contributed by atoms with Crippen LogP contribution in [0.5, 0.6) is 5.75 Å². The number of amides is 1. The van der Waals surface area contributed by atoms with Crippen LogP contribution in [0.3, 0.4) is 0 Å². The zero-order valence-electron chi connectivity index (χ0n) is 12.8. The molecule has 2 aromatic rings. The molecule has 1 unspecified atom stereocenters. The van der Waals surface area contributed by atoms with Crippen molar-refractivity contribution >= 4 is 5.91 Å². The number of rotatable bonds is 4. The van der Waals surface area contributed by atoms with Crippen LogP contribution in [-0.2, 0) is 6.61 Å². The van der Waals surface area contributed by atoms with Gasteiger partial charge in [-0.15, -0.1) is 0 Å². The second kappa shape index (κ2) is 6.95. The summed E-state index contributed by atoms with van der Waals surface area (Å²) in [6.45, 7) is 0.210. The van der Waals surface area contributed by atoms with E-state index in [1.165, 1.54) is 4.90 Å². The molecule has 0 radical (unpaired) electrons. The number of likely N-dealkylation sites (tertiary alicyclic amines) is 1. The van der Waals surface area contributed by atoms with Crippen molar-refractivity contribution in [1.29, 1.82) is 0 Å². The third-order valence-corrected chi connectivity index (χ3v) is 3.89. The summed E-state index contributed by atoms with van der Waals surface area (Å²) >= 11 is 0. The van der Waals surface area contributed by atoms with Gasteiger partial charge in [-0.05, 0) is 24.1 Å². The van der Waals surface area contributed by atoms with Gasteiger partial charge in [-0.2, -0.15) is 0 Å². The van der Waals surface area contributed by atoms with E-state index in [0.717, 1.165) is 17.7 Å². The second-order valence-electron chi connectivity index (χ2n) is 5.68. The highest BCUT2D eigenvalue weighted by Gasteiger charge is 2.28. The summed E-state index contributed by atoms with van der Waals surface area (Å²) in [7, 11) is 0. The van der Waals surface area contributed by atoms with Crippen molar-refractivity contribution in [2.45, 2.75) is 19.2 Å². The fourth-order valence-electron chi connectivity index (χ4n) is 2.64. The van der Waals surface area contributed by atoms with E-state index in [9.17, 15) is 18.0 Å². The molecule has 0 spiro atoms. The molecule has 6 heteroatoms. The molecule has 1 heterocycles. The number of hydrogen-bond acceptors (Lipinski definition) is 2. The van der Waals surface area contributed by atoms with Crippen LogP contribution in [0, 0.1) is 11.6 Å². The first-order valence-electron chi connectivity index (χ1n) is 7.63. The molecule has 1 saturated heterocycles. The molecule has 0 N–H and O–H groups in total. The highest BCUT2D eigenvalue weighted by molar-refractivity contribution is 5.94. The molecule has 0 aliphatic carbocycles. The van der Waals surface area contributed by atoms with Crippen molar-refractivity contribution in [2.75, 3.05) is 13.1 Å². The first kappa shape index (κ1) is 16.4. The molecule has 3 rings (SSSR count). The second-order valence-corrected chi connectivity index (χ2v) is 5.68. The Labute approximate surface area is 137 Å². The smallest absolute Gasteiger partial charge is 0.254 e. The lowest BCUT2D eigenvalue weighted by molar-refractivity contribution is 0.0781. The van der Waals surface area contributed by atoms with Crippen LogP contribution in [0.25, 0.3) is 0 Å². The van der Waals surface area contributed by atoms with E-state index >= 15 is 0 Å². The maximum absolute atomic E-state index is 14.1. The van der Waals surface area contributed by atoms with Gasteiger partial charge in [-0.3, -0.25) is 4.79 Å². The van der Waals surface area contributed by atoms with Gasteiger partial charge < -0.3 is 9.64 Å². The van der Waals surface area contributed by atoms with Gasteiger partial charge in [0.15, 0.2) is 17.4 Å². The average molecular weight is 335 g/mol. The molecule has 2 aromatic carbocycles. The van der Waals surface area contributed by atoms with Gasteiger partial charge in [-0.25, -0.2) is 13.2 Å². The lowest BCUT2D eigenvalue weighted by Crippen LogP contribution is -2.29. The number of carbonyl (C=O) groups is 1. The molecular formula is C18H16F3NO2. The maximum atomic E-state index is 14.1. The number of carbonyl (C=O) groups excluding carboxylic acids is 1. The quantitative estimate of drug-likeness (QED) is 0.852. The Hall–Kier alpha value is -2.50. The van der Waals surface area contributed by atoms with Crippen molar-refractivity contribution in [3.63, 3.8) is 0 Å². The summed E-state index contributed by atoms with van der Waals surface area (Å²) in [4.78, 5) is 13.4. The minimum Gasteiger partial charge on any atom is -0.483 e. The van der Waals surface area contributed by atoms with Crippen LogP contribution >= 0.6 is 0 Å². The third kappa shape index (κ3) is 3.53. The molecule has 24 heavy (non-hydrogen) atoms. The van der Waals surface area contributed by atoms with Gasteiger partial charge >= 0.3 is 0 Å². The minimum absolute atomic E-state index is 0.0115. The zero-order chi connectivity index (χ0) is 17.1. The number of ether oxygens (including phenoxy) is 1. The van der Waals surface area contributed by atoms with Crippen LogP contribution < -0.4 is 4.74 Å². The molecule has 0 aromatic heterocycles. The number of benzene rings is 2. The summed E-state index contributed by atoms with van der Waals surface area (Å²) < 4.78 is 46.6. The van der Waals surface area contributed by atoms with E-state index < -0.39 is 29.5 Å². The summed E-state index contributed by atoms with van der Waals surface area (Å²) in [6.07, 6.45) is -0.841. The molecule has 0 bridgehead atoms. The Balaban J connectivity index is 1.75. The van der Waals surface area contributed by atoms with Crippen molar-refractivity contribution in [2.24, 2.45) is 0 Å². The van der Waals surface area contributed by atoms with Crippen LogP contribution in [0.15, 0.2) is 42.5 Å². The minimum atomic E-state index is -1.09. The van der Waals surface area contributed by atoms with Gasteiger partial charge in [0.2, 0.25) is 0 Å². The van der Waals surface area contributed by atoms with Crippen molar-refractivity contribution in [3.05, 3.63) is 65.2 Å². The van der Waals surface area contributed by atoms with Crippen LogP contribution in [0.2, 0.25) is 0 Å². The molecule has 1 aliphatic rings. The zero-order valence-corrected chi connectivity index (χ0v) is 12.8. The molecule has 1 aliphatic heterocycles. The fraction of sp³-hybridized carbons (Fsp3) is 0.278. The van der Waals surface area contributed by atoms with E-state index in [2.05, 4.69) is 0 Å². The topological polar surface area (TPSA) is 29.5 Å². The number of hydrogen-bond donors (Lipinski definition) is 0. The maximum Gasteiger partial charge on any atom is 0.254 e. The summed E-state index contributed by atoms with van der Waals surface area (Å²) in [5.74, 6) is -3.02. The molecule has 1 atom stereocenters. The number of halogens is 3. The largest absolute Gasteiger partial charge is 0.483 e. The van der Waals surface area contributed by atoms with E-state index in [-0.39, 0.29) is 31.7 Å². The predicted molar refractivity (Wildman–Crippen MR) is 82.5 cm³/mol. The standard InChI is InChI=1S/C18H16F3NO2/c19-14-6-7-22(10-14)18(23)13-8-15(20)17(16(21)9-13)24-11-12-4-2-1-3-5-12/h1-5,8-9,14H,6-7,10-11H2. The molecule has 0 saturated carbocycles. The third-order valence-electron chi connectivity index (χ3n) is 3.89. The Morgan fingerprint density at radius 3 is 2.42 bits per heavy atom. The number of nitrogens with zero attached hydrogens (tertiary/aromatic N) is 1. The first-order chi connectivity index (χ1) is 11.5. The van der Waals surface area contributed by atoms with Gasteiger partial charge in [0.25, 0.3) is 5.91 Å². The molecule has 1 amide bonds. The van der Waals surface area contributed by atoms with E-state index in [4.69, 9.17) is 4.74 Å². The van der Waals surface area contributed by atoms with E-state index in [1.807, 2.05) is 6.07 Å². The van der Waals surface area contributed by atoms with Crippen molar-refractivity contribution in [3.8, 4) is 5.75 Å². The van der Waals surface area contributed by atoms with E-state index in [1.54, 1.807) is 24.3 Å². The molecule has 1 fully saturated rings. The summed E-state index contributed by atoms with van der Waals surface area (Å²) in [5, 5.41) is 0. The van der Waals surface area contributed by atoms with Crippen molar-refractivity contribution < 1.29 is 22.7 Å². The average Bonchev–Trinajstić information content (AvgIpc) is 3.00. The van der Waals surface area contributed by atoms with Crippen LogP contribution in [0.4, 0.5) is 13.2 Å². The van der Waals surface area contributed by atoms with Gasteiger partial charge in [0, 0.05) is 12.1 Å². The Morgan fingerprint density at radius 1 is 1.17 bits per heavy atom. The Morgan fingerprint density at radius 2 is 1.83 bits per heavy atom. The van der Waals surface area contributed by atoms with Gasteiger partial charge in [0.05, 0.1) is 6.54 Å². The highest BCUT2D eigenvalue weighted by atomic mass is 19.1. The van der Waals surface area contributed by atoms with E-state index in [0.29, 0.717) is 0 Å². The fourth-order valence-corrected chi connectivity index (χ4v) is 2.64.